The Morgan fingerprint density at radius 3 is 1.49 bits per heavy atom. The average Bonchev–Trinajstić information content (AvgIpc) is 3.46. The van der Waals surface area contributed by atoms with Gasteiger partial charge in [-0.15, -0.1) is 11.3 Å². The van der Waals surface area contributed by atoms with E-state index in [1.165, 1.54) is 47.8 Å². The minimum absolute atomic E-state index is 1.14. The first-order valence-electron chi connectivity index (χ1n) is 15.4. The van der Waals surface area contributed by atoms with Crippen LogP contribution in [0, 0.1) is 13.8 Å². The van der Waals surface area contributed by atoms with Gasteiger partial charge in [0.2, 0.25) is 0 Å². The maximum absolute atomic E-state index is 2.39. The molecule has 0 aliphatic rings. The van der Waals surface area contributed by atoms with Crippen LogP contribution < -0.4 is 9.80 Å². The Balaban J connectivity index is 1.35. The largest absolute Gasteiger partial charge is 0.310 e. The summed E-state index contributed by atoms with van der Waals surface area (Å²) in [7, 11) is 0. The second kappa shape index (κ2) is 11.3. The highest BCUT2D eigenvalue weighted by Crippen LogP contribution is 2.47. The topological polar surface area (TPSA) is 6.48 Å². The molecule has 0 radical (unpaired) electrons. The second-order valence-corrected chi connectivity index (χ2v) is 12.7. The van der Waals surface area contributed by atoms with Crippen LogP contribution in [0.5, 0.6) is 0 Å². The highest BCUT2D eigenvalue weighted by atomic mass is 32.1. The summed E-state index contributed by atoms with van der Waals surface area (Å²) in [5.74, 6) is 0. The Morgan fingerprint density at radius 2 is 0.867 bits per heavy atom. The van der Waals surface area contributed by atoms with Crippen molar-refractivity contribution in [1.29, 1.82) is 0 Å². The summed E-state index contributed by atoms with van der Waals surface area (Å²) >= 11 is 1.87. The van der Waals surface area contributed by atoms with E-state index in [2.05, 4.69) is 181 Å². The van der Waals surface area contributed by atoms with Gasteiger partial charge in [0.05, 0.1) is 5.69 Å². The van der Waals surface area contributed by atoms with Gasteiger partial charge in [0.25, 0.3) is 0 Å². The number of fused-ring (bicyclic) bond motifs is 5. The van der Waals surface area contributed by atoms with Gasteiger partial charge in [-0.3, -0.25) is 0 Å². The van der Waals surface area contributed by atoms with Crippen LogP contribution in [0.2, 0.25) is 0 Å². The molecule has 0 bridgehead atoms. The van der Waals surface area contributed by atoms with Crippen LogP contribution in [-0.2, 0) is 0 Å². The number of aryl methyl sites for hydroxylation is 2. The van der Waals surface area contributed by atoms with Crippen molar-refractivity contribution in [3.63, 3.8) is 0 Å². The van der Waals surface area contributed by atoms with Crippen molar-refractivity contribution in [2.24, 2.45) is 0 Å². The first kappa shape index (κ1) is 27.2. The zero-order valence-electron chi connectivity index (χ0n) is 25.3. The smallest absolute Gasteiger partial charge is 0.0554 e. The molecular weight excluding hydrogens is 565 g/mol. The van der Waals surface area contributed by atoms with Crippen molar-refractivity contribution in [2.45, 2.75) is 13.8 Å². The molecule has 0 aliphatic heterocycles. The summed E-state index contributed by atoms with van der Waals surface area (Å²) in [5.41, 5.74) is 9.43. The lowest BCUT2D eigenvalue weighted by Crippen LogP contribution is -2.10. The van der Waals surface area contributed by atoms with Crippen LogP contribution in [0.3, 0.4) is 0 Å². The molecule has 0 unspecified atom stereocenters. The molecule has 1 heterocycles. The number of benzene rings is 7. The predicted molar refractivity (Wildman–Crippen MR) is 196 cm³/mol. The third kappa shape index (κ3) is 4.92. The minimum atomic E-state index is 1.14. The monoisotopic (exact) mass is 596 g/mol. The molecule has 0 saturated carbocycles. The molecular formula is C42H32N2S. The van der Waals surface area contributed by atoms with E-state index in [4.69, 9.17) is 0 Å². The molecule has 0 fully saturated rings. The Labute approximate surface area is 268 Å². The summed E-state index contributed by atoms with van der Waals surface area (Å²) < 4.78 is 2.56. The van der Waals surface area contributed by atoms with Gasteiger partial charge in [0, 0.05) is 54.0 Å². The van der Waals surface area contributed by atoms with Crippen molar-refractivity contribution >= 4 is 76.4 Å². The highest BCUT2D eigenvalue weighted by molar-refractivity contribution is 7.26. The number of para-hydroxylation sites is 2. The van der Waals surface area contributed by atoms with Crippen molar-refractivity contribution < 1.29 is 0 Å². The summed E-state index contributed by atoms with van der Waals surface area (Å²) in [4.78, 5) is 4.74. The molecule has 216 valence electrons. The number of hydrogen-bond acceptors (Lipinski definition) is 3. The van der Waals surface area contributed by atoms with Crippen LogP contribution >= 0.6 is 11.3 Å². The molecule has 2 nitrogen and oxygen atoms in total. The molecule has 0 saturated heterocycles. The van der Waals surface area contributed by atoms with Crippen molar-refractivity contribution in [1.82, 2.24) is 0 Å². The maximum atomic E-state index is 2.39. The molecule has 1 aromatic heterocycles. The summed E-state index contributed by atoms with van der Waals surface area (Å²) in [5, 5.41) is 5.12. The van der Waals surface area contributed by atoms with Crippen molar-refractivity contribution in [3.05, 3.63) is 169 Å². The van der Waals surface area contributed by atoms with Gasteiger partial charge in [-0.25, -0.2) is 0 Å². The highest BCUT2D eigenvalue weighted by Gasteiger charge is 2.20. The summed E-state index contributed by atoms with van der Waals surface area (Å²) in [6, 6.07) is 57.2. The van der Waals surface area contributed by atoms with E-state index in [9.17, 15) is 0 Å². The lowest BCUT2D eigenvalue weighted by atomic mass is 10.0. The van der Waals surface area contributed by atoms with Gasteiger partial charge in [0.15, 0.2) is 0 Å². The van der Waals surface area contributed by atoms with E-state index in [0.717, 1.165) is 28.4 Å². The predicted octanol–water partition coefficient (Wildman–Crippen LogP) is 12.8. The molecule has 45 heavy (non-hydrogen) atoms. The fourth-order valence-electron chi connectivity index (χ4n) is 6.35. The number of anilines is 6. The van der Waals surface area contributed by atoms with Gasteiger partial charge >= 0.3 is 0 Å². The minimum Gasteiger partial charge on any atom is -0.310 e. The molecule has 0 spiro atoms. The molecule has 0 atom stereocenters. The lowest BCUT2D eigenvalue weighted by Gasteiger charge is -2.27. The SMILES string of the molecule is Cc1ccc(N(c2ccccc2)c2ccc3c(c2)sc2cc(N(c4ccccc4)c4ccc(C)cc4)c4ccccc4c23)cc1. The zero-order chi connectivity index (χ0) is 30.3. The molecule has 8 aromatic rings. The van der Waals surface area contributed by atoms with Crippen LogP contribution in [0.4, 0.5) is 34.1 Å². The summed E-state index contributed by atoms with van der Waals surface area (Å²) in [6.07, 6.45) is 0. The number of nitrogens with zero attached hydrogens (tertiary/aromatic N) is 2. The fourth-order valence-corrected chi connectivity index (χ4v) is 7.54. The lowest BCUT2D eigenvalue weighted by molar-refractivity contribution is 1.28. The number of hydrogen-bond donors (Lipinski definition) is 0. The molecule has 7 aromatic carbocycles. The van der Waals surface area contributed by atoms with Crippen molar-refractivity contribution in [2.75, 3.05) is 9.80 Å². The van der Waals surface area contributed by atoms with E-state index in [-0.39, 0.29) is 0 Å². The molecule has 0 N–H and O–H groups in total. The molecule has 8 rings (SSSR count). The maximum Gasteiger partial charge on any atom is 0.0554 e. The Hall–Kier alpha value is -5.38. The van der Waals surface area contributed by atoms with Crippen LogP contribution in [0.15, 0.2) is 158 Å². The number of thiophene rings is 1. The van der Waals surface area contributed by atoms with Crippen LogP contribution in [-0.4, -0.2) is 0 Å². The molecule has 0 amide bonds. The molecule has 3 heteroatoms. The van der Waals surface area contributed by atoms with Crippen LogP contribution in [0.1, 0.15) is 11.1 Å². The Morgan fingerprint density at radius 1 is 0.378 bits per heavy atom. The standard InChI is InChI=1S/C42H32N2S/c1-29-17-21-33(22-18-29)43(31-11-5-3-6-12-31)35-25-26-38-40(27-35)45-41-28-39(36-15-9-10-16-37(36)42(38)41)44(32-13-7-4-8-14-32)34-23-19-30(2)20-24-34/h3-28H,1-2H3. The Bertz CT molecular complexity index is 2270. The van der Waals surface area contributed by atoms with Gasteiger partial charge < -0.3 is 9.80 Å². The quantitative estimate of drug-likeness (QED) is 0.188. The van der Waals surface area contributed by atoms with E-state index in [1.807, 2.05) is 11.3 Å². The number of rotatable bonds is 6. The zero-order valence-corrected chi connectivity index (χ0v) is 26.1. The van der Waals surface area contributed by atoms with E-state index in [0.29, 0.717) is 0 Å². The first-order chi connectivity index (χ1) is 22.1. The van der Waals surface area contributed by atoms with E-state index >= 15 is 0 Å². The average molecular weight is 597 g/mol. The normalized spacial score (nSPS) is 11.3. The third-order valence-electron chi connectivity index (χ3n) is 8.55. The van der Waals surface area contributed by atoms with Gasteiger partial charge in [-0.2, -0.15) is 0 Å². The van der Waals surface area contributed by atoms with E-state index in [1.54, 1.807) is 0 Å². The first-order valence-corrected chi connectivity index (χ1v) is 16.2. The fraction of sp³-hybridized carbons (Fsp3) is 0.0476. The van der Waals surface area contributed by atoms with Crippen molar-refractivity contribution in [3.8, 4) is 0 Å². The third-order valence-corrected chi connectivity index (χ3v) is 9.65. The molecule has 0 aliphatic carbocycles. The van der Waals surface area contributed by atoms with Crippen LogP contribution in [0.25, 0.3) is 30.9 Å². The van der Waals surface area contributed by atoms with Gasteiger partial charge in [0.1, 0.15) is 0 Å². The van der Waals surface area contributed by atoms with Gasteiger partial charge in [-0.1, -0.05) is 102 Å². The summed E-state index contributed by atoms with van der Waals surface area (Å²) in [6.45, 7) is 4.28. The Kier molecular flexibility index (Phi) is 6.81. The second-order valence-electron chi connectivity index (χ2n) is 11.6. The van der Waals surface area contributed by atoms with Gasteiger partial charge in [-0.05, 0) is 86.0 Å². The van der Waals surface area contributed by atoms with E-state index < -0.39 is 0 Å².